The van der Waals surface area contributed by atoms with Crippen molar-refractivity contribution >= 4 is 29.6 Å². The van der Waals surface area contributed by atoms with Crippen LogP contribution in [0, 0.1) is 6.92 Å². The van der Waals surface area contributed by atoms with E-state index in [4.69, 9.17) is 10.3 Å². The molecule has 0 spiro atoms. The van der Waals surface area contributed by atoms with Crippen molar-refractivity contribution in [2.24, 2.45) is 5.73 Å². The van der Waals surface area contributed by atoms with Crippen LogP contribution in [0.5, 0.6) is 0 Å². The summed E-state index contributed by atoms with van der Waals surface area (Å²) in [6.07, 6.45) is 2.20. The van der Waals surface area contributed by atoms with Gasteiger partial charge in [-0.25, -0.2) is 13.8 Å². The molecule has 3 heterocycles. The minimum Gasteiger partial charge on any atom is -0.337 e. The number of aromatic nitrogens is 4. The van der Waals surface area contributed by atoms with Gasteiger partial charge in [-0.3, -0.25) is 9.20 Å². The lowest BCUT2D eigenvalue weighted by atomic mass is 9.74. The van der Waals surface area contributed by atoms with E-state index < -0.39 is 24.3 Å². The lowest BCUT2D eigenvalue weighted by molar-refractivity contribution is -0.133. The minimum atomic E-state index is -2.82. The molecular weight excluding hydrogens is 442 g/mol. The lowest BCUT2D eigenvalue weighted by Crippen LogP contribution is -2.55. The Kier molecular flexibility index (Phi) is 5.22. The van der Waals surface area contributed by atoms with Crippen molar-refractivity contribution in [3.8, 4) is 11.4 Å². The zero-order valence-electron chi connectivity index (χ0n) is 16.9. The van der Waals surface area contributed by atoms with Crippen LogP contribution in [-0.4, -0.2) is 31.4 Å². The van der Waals surface area contributed by atoms with E-state index in [9.17, 15) is 13.6 Å². The molecule has 3 N–H and O–H groups in total. The van der Waals surface area contributed by atoms with E-state index in [2.05, 4.69) is 20.4 Å². The van der Waals surface area contributed by atoms with Crippen molar-refractivity contribution < 1.29 is 18.1 Å². The molecule has 166 valence electrons. The molecule has 0 unspecified atom stereocenters. The molecule has 1 saturated carbocycles. The number of fused-ring (bicyclic) bond motifs is 1. The number of alkyl halides is 2. The van der Waals surface area contributed by atoms with Crippen molar-refractivity contribution in [2.45, 2.75) is 31.2 Å². The Labute approximate surface area is 187 Å². The number of hydrogen-bond acceptors (Lipinski definition) is 6. The van der Waals surface area contributed by atoms with Crippen molar-refractivity contribution in [1.29, 1.82) is 0 Å². The van der Waals surface area contributed by atoms with Crippen molar-refractivity contribution in [1.82, 2.24) is 19.5 Å². The van der Waals surface area contributed by atoms with Crippen LogP contribution >= 0.6 is 12.4 Å². The van der Waals surface area contributed by atoms with Gasteiger partial charge in [0.15, 0.2) is 0 Å². The van der Waals surface area contributed by atoms with Gasteiger partial charge in [0.05, 0.1) is 6.20 Å². The van der Waals surface area contributed by atoms with E-state index in [0.717, 1.165) is 5.56 Å². The first-order valence-electron chi connectivity index (χ1n) is 9.60. The van der Waals surface area contributed by atoms with Gasteiger partial charge in [-0.2, -0.15) is 4.98 Å². The zero-order valence-corrected chi connectivity index (χ0v) is 17.7. The van der Waals surface area contributed by atoms with Gasteiger partial charge < -0.3 is 15.6 Å². The van der Waals surface area contributed by atoms with Crippen LogP contribution in [0.2, 0.25) is 0 Å². The fourth-order valence-electron chi connectivity index (χ4n) is 3.75. The summed E-state index contributed by atoms with van der Waals surface area (Å²) < 4.78 is 33.4. The molecule has 0 aliphatic heterocycles. The number of pyridine rings is 1. The van der Waals surface area contributed by atoms with Gasteiger partial charge in [0.1, 0.15) is 16.9 Å². The van der Waals surface area contributed by atoms with Crippen LogP contribution in [0.3, 0.4) is 0 Å². The van der Waals surface area contributed by atoms with Gasteiger partial charge in [-0.15, -0.1) is 12.4 Å². The van der Waals surface area contributed by atoms with Gasteiger partial charge in [-0.05, 0) is 30.7 Å². The summed E-state index contributed by atoms with van der Waals surface area (Å²) in [7, 11) is 0. The maximum Gasteiger partial charge on any atom is 0.274 e. The number of benzene rings is 1. The van der Waals surface area contributed by atoms with Gasteiger partial charge in [0, 0.05) is 30.3 Å². The first kappa shape index (κ1) is 21.8. The molecule has 1 aliphatic carbocycles. The number of hydrogen-bond donors (Lipinski definition) is 2. The number of nitrogens with two attached hydrogens (primary N) is 1. The summed E-state index contributed by atoms with van der Waals surface area (Å²) in [6.45, 7) is 1.85. The molecule has 1 aliphatic rings. The zero-order chi connectivity index (χ0) is 21.8. The predicted octanol–water partition coefficient (Wildman–Crippen LogP) is 3.95. The molecule has 1 aromatic carbocycles. The van der Waals surface area contributed by atoms with Gasteiger partial charge in [-0.1, -0.05) is 23.4 Å². The van der Waals surface area contributed by atoms with Gasteiger partial charge in [0.25, 0.3) is 11.8 Å². The summed E-state index contributed by atoms with van der Waals surface area (Å²) in [5.74, 6) is -2.96. The third-order valence-corrected chi connectivity index (χ3v) is 5.39. The van der Waals surface area contributed by atoms with E-state index in [1.165, 1.54) is 6.20 Å². The average molecular weight is 461 g/mol. The summed E-state index contributed by atoms with van der Waals surface area (Å²) in [4.78, 5) is 21.3. The molecule has 1 amide bonds. The third-order valence-electron chi connectivity index (χ3n) is 5.39. The summed E-state index contributed by atoms with van der Waals surface area (Å²) in [5, 5.41) is 6.76. The molecule has 0 radical (unpaired) electrons. The fraction of sp³-hybridized carbons (Fsp3) is 0.238. The molecule has 0 saturated heterocycles. The number of halogens is 3. The highest BCUT2D eigenvalue weighted by molar-refractivity contribution is 6.04. The van der Waals surface area contributed by atoms with Crippen LogP contribution in [0.1, 0.15) is 34.8 Å². The largest absolute Gasteiger partial charge is 0.337 e. The van der Waals surface area contributed by atoms with Crippen LogP contribution in [0.15, 0.2) is 53.3 Å². The molecule has 8 nitrogen and oxygen atoms in total. The van der Waals surface area contributed by atoms with Crippen molar-refractivity contribution in [3.63, 3.8) is 0 Å². The number of aryl methyl sites for hydroxylation is 1. The highest BCUT2D eigenvalue weighted by Gasteiger charge is 2.58. The lowest BCUT2D eigenvalue weighted by Gasteiger charge is -2.41. The Balaban J connectivity index is 0.00000245. The normalized spacial score (nSPS) is 16.2. The minimum absolute atomic E-state index is 0. The summed E-state index contributed by atoms with van der Waals surface area (Å²) in [6, 6.07) is 10.7. The first-order chi connectivity index (χ1) is 14.7. The monoisotopic (exact) mass is 460 g/mol. The molecule has 1 fully saturated rings. The Bertz CT molecular complexity index is 1310. The molecule has 0 atom stereocenters. The Hall–Kier alpha value is -3.37. The fourth-order valence-corrected chi connectivity index (χ4v) is 3.75. The quantitative estimate of drug-likeness (QED) is 0.477. The van der Waals surface area contributed by atoms with Gasteiger partial charge >= 0.3 is 0 Å². The second kappa shape index (κ2) is 7.64. The number of nitrogens with zero attached hydrogens (tertiary/aromatic N) is 4. The Morgan fingerprint density at radius 1 is 1.25 bits per heavy atom. The highest BCUT2D eigenvalue weighted by Crippen LogP contribution is 2.49. The molecule has 5 rings (SSSR count). The van der Waals surface area contributed by atoms with Crippen LogP contribution in [-0.2, 0) is 5.54 Å². The molecule has 0 bridgehead atoms. The van der Waals surface area contributed by atoms with Crippen LogP contribution in [0.25, 0.3) is 17.0 Å². The number of anilines is 1. The second-order valence-electron chi connectivity index (χ2n) is 7.84. The molecule has 11 heteroatoms. The number of carbonyl (C=O) groups is 1. The number of nitrogens with one attached hydrogen (secondary N) is 1. The number of imidazole rings is 1. The number of amides is 1. The second-order valence-corrected chi connectivity index (χ2v) is 7.84. The van der Waals surface area contributed by atoms with Crippen LogP contribution < -0.4 is 11.1 Å². The predicted molar refractivity (Wildman–Crippen MR) is 115 cm³/mol. The maximum absolute atomic E-state index is 13.3. The van der Waals surface area contributed by atoms with E-state index in [1.807, 2.05) is 19.1 Å². The van der Waals surface area contributed by atoms with E-state index in [-0.39, 0.29) is 30.0 Å². The molecule has 32 heavy (non-hydrogen) atoms. The number of rotatable bonds is 4. The maximum atomic E-state index is 13.3. The van der Waals surface area contributed by atoms with E-state index in [1.54, 1.807) is 34.9 Å². The SMILES string of the molecule is Cc1ccc(-c2noc(C3(N)CC(F)(F)C3)n2)cc1NC(=O)c1cnc2ccccn12.Cl. The molecule has 4 aromatic rings. The topological polar surface area (TPSA) is 111 Å². The van der Waals surface area contributed by atoms with Crippen molar-refractivity contribution in [2.75, 3.05) is 5.32 Å². The van der Waals surface area contributed by atoms with E-state index >= 15 is 0 Å². The third kappa shape index (κ3) is 3.71. The summed E-state index contributed by atoms with van der Waals surface area (Å²) in [5.41, 5.74) is 7.63. The Morgan fingerprint density at radius 3 is 2.78 bits per heavy atom. The van der Waals surface area contributed by atoms with Crippen molar-refractivity contribution in [3.05, 3.63) is 65.9 Å². The number of carbonyl (C=O) groups excluding carboxylic acids is 1. The van der Waals surface area contributed by atoms with Crippen LogP contribution in [0.4, 0.5) is 14.5 Å². The standard InChI is InChI=1S/C21H18F2N6O2.ClH/c1-12-5-6-13(17-27-19(31-28-17)20(24)10-21(22,23)11-20)8-14(12)26-18(30)15-9-25-16-4-2-3-7-29(15)16;/h2-9H,10-11,24H2,1H3,(H,26,30);1H. The van der Waals surface area contributed by atoms with E-state index in [0.29, 0.717) is 22.6 Å². The average Bonchev–Trinajstić information content (AvgIpc) is 3.36. The van der Waals surface area contributed by atoms with Gasteiger partial charge in [0.2, 0.25) is 11.7 Å². The molecule has 3 aromatic heterocycles. The highest BCUT2D eigenvalue weighted by atomic mass is 35.5. The smallest absolute Gasteiger partial charge is 0.274 e. The first-order valence-corrected chi connectivity index (χ1v) is 9.60. The molecular formula is C21H19ClF2N6O2. The summed E-state index contributed by atoms with van der Waals surface area (Å²) >= 11 is 0. The Morgan fingerprint density at radius 2 is 2.03 bits per heavy atom.